The van der Waals surface area contributed by atoms with E-state index in [-0.39, 0.29) is 16.5 Å². The minimum absolute atomic E-state index is 0.0205. The number of piperidine rings is 1. The lowest BCUT2D eigenvalue weighted by Gasteiger charge is -2.33. The number of sulfonamides is 1. The van der Waals surface area contributed by atoms with Gasteiger partial charge in [-0.2, -0.15) is 0 Å². The van der Waals surface area contributed by atoms with Crippen LogP contribution >= 0.6 is 0 Å². The van der Waals surface area contributed by atoms with E-state index in [1.165, 1.54) is 29.2 Å². The van der Waals surface area contributed by atoms with E-state index in [0.29, 0.717) is 13.0 Å². The summed E-state index contributed by atoms with van der Waals surface area (Å²) in [4.78, 5) is 25.4. The summed E-state index contributed by atoms with van der Waals surface area (Å²) in [6.07, 6.45) is 3.58. The van der Waals surface area contributed by atoms with Crippen LogP contribution in [0.15, 0.2) is 29.2 Å². The van der Waals surface area contributed by atoms with Gasteiger partial charge in [0.25, 0.3) is 5.91 Å². The lowest BCUT2D eigenvalue weighted by molar-refractivity contribution is -0.143. The molecule has 0 bridgehead atoms. The van der Waals surface area contributed by atoms with Crippen molar-refractivity contribution in [1.29, 1.82) is 0 Å². The highest BCUT2D eigenvalue weighted by molar-refractivity contribution is 7.89. The second kappa shape index (κ2) is 6.52. The summed E-state index contributed by atoms with van der Waals surface area (Å²) in [6, 6.07) is 4.91. The van der Waals surface area contributed by atoms with Crippen molar-refractivity contribution in [2.45, 2.75) is 49.1 Å². The van der Waals surface area contributed by atoms with Crippen LogP contribution in [-0.4, -0.2) is 48.9 Å². The van der Waals surface area contributed by atoms with Crippen molar-refractivity contribution in [2.24, 2.45) is 0 Å². The van der Waals surface area contributed by atoms with Crippen molar-refractivity contribution in [3.05, 3.63) is 29.8 Å². The molecule has 1 saturated carbocycles. The molecule has 1 saturated heterocycles. The van der Waals surface area contributed by atoms with Gasteiger partial charge in [0.05, 0.1) is 4.90 Å². The number of nitrogens with one attached hydrogen (secondary N) is 1. The van der Waals surface area contributed by atoms with Gasteiger partial charge in [-0.05, 0) is 50.3 Å². The molecular formula is C16H20N2O5S. The van der Waals surface area contributed by atoms with Crippen LogP contribution in [0.4, 0.5) is 0 Å². The first-order valence-electron chi connectivity index (χ1n) is 8.04. The average Bonchev–Trinajstić information content (AvgIpc) is 3.37. The molecule has 24 heavy (non-hydrogen) atoms. The molecule has 1 aromatic rings. The lowest BCUT2D eigenvalue weighted by Crippen LogP contribution is -2.48. The third kappa shape index (κ3) is 3.59. The second-order valence-corrected chi connectivity index (χ2v) is 7.99. The number of nitrogens with zero attached hydrogens (tertiary/aromatic N) is 1. The largest absolute Gasteiger partial charge is 0.480 e. The SMILES string of the molecule is O=C(O)[C@H]1CCCCN1C(=O)c1cccc(S(=O)(=O)NC2CC2)c1. The van der Waals surface area contributed by atoms with E-state index in [0.717, 1.165) is 25.7 Å². The van der Waals surface area contributed by atoms with E-state index >= 15 is 0 Å². The first kappa shape index (κ1) is 16.9. The van der Waals surface area contributed by atoms with Gasteiger partial charge in [0.2, 0.25) is 10.0 Å². The fraction of sp³-hybridized carbons (Fsp3) is 0.500. The number of carboxylic acids is 1. The lowest BCUT2D eigenvalue weighted by atomic mass is 10.0. The molecule has 8 heteroatoms. The second-order valence-electron chi connectivity index (χ2n) is 6.27. The molecule has 130 valence electrons. The molecule has 1 amide bonds. The molecule has 0 spiro atoms. The Bertz CT molecular complexity index is 757. The molecular weight excluding hydrogens is 332 g/mol. The van der Waals surface area contributed by atoms with Crippen LogP contribution in [0.25, 0.3) is 0 Å². The summed E-state index contributed by atoms with van der Waals surface area (Å²) in [7, 11) is -3.65. The molecule has 2 aliphatic rings. The van der Waals surface area contributed by atoms with Gasteiger partial charge in [-0.25, -0.2) is 17.9 Å². The molecule has 0 unspecified atom stereocenters. The Kier molecular flexibility index (Phi) is 4.60. The number of hydrogen-bond donors (Lipinski definition) is 2. The first-order valence-corrected chi connectivity index (χ1v) is 9.53. The number of aliphatic carboxylic acids is 1. The zero-order chi connectivity index (χ0) is 17.3. The number of benzene rings is 1. The molecule has 1 aliphatic heterocycles. The minimum atomic E-state index is -3.65. The van der Waals surface area contributed by atoms with E-state index in [9.17, 15) is 23.1 Å². The normalized spacial score (nSPS) is 21.5. The first-order chi connectivity index (χ1) is 11.4. The van der Waals surface area contributed by atoms with Crippen molar-refractivity contribution in [3.63, 3.8) is 0 Å². The predicted molar refractivity (Wildman–Crippen MR) is 86.1 cm³/mol. The van der Waals surface area contributed by atoms with Gasteiger partial charge >= 0.3 is 5.97 Å². The van der Waals surface area contributed by atoms with Crippen molar-refractivity contribution in [3.8, 4) is 0 Å². The summed E-state index contributed by atoms with van der Waals surface area (Å²) < 4.78 is 27.1. The Morgan fingerprint density at radius 2 is 1.92 bits per heavy atom. The summed E-state index contributed by atoms with van der Waals surface area (Å²) in [5.41, 5.74) is 0.196. The number of carbonyl (C=O) groups is 2. The molecule has 1 atom stereocenters. The Labute approximate surface area is 140 Å². The monoisotopic (exact) mass is 352 g/mol. The number of rotatable bonds is 5. The van der Waals surface area contributed by atoms with Crippen molar-refractivity contribution in [2.75, 3.05) is 6.54 Å². The predicted octanol–water partition coefficient (Wildman–Crippen LogP) is 1.21. The Morgan fingerprint density at radius 1 is 1.17 bits per heavy atom. The van der Waals surface area contributed by atoms with Crippen LogP contribution in [0, 0.1) is 0 Å². The number of amides is 1. The maximum atomic E-state index is 12.7. The zero-order valence-corrected chi connectivity index (χ0v) is 14.0. The van der Waals surface area contributed by atoms with Crippen LogP contribution in [-0.2, 0) is 14.8 Å². The van der Waals surface area contributed by atoms with Gasteiger partial charge in [0.1, 0.15) is 6.04 Å². The van der Waals surface area contributed by atoms with Gasteiger partial charge in [-0.15, -0.1) is 0 Å². The number of carbonyl (C=O) groups excluding carboxylic acids is 1. The molecule has 7 nitrogen and oxygen atoms in total. The van der Waals surface area contributed by atoms with Crippen molar-refractivity contribution >= 4 is 21.9 Å². The maximum absolute atomic E-state index is 12.7. The quantitative estimate of drug-likeness (QED) is 0.829. The minimum Gasteiger partial charge on any atom is -0.480 e. The van der Waals surface area contributed by atoms with Gasteiger partial charge in [0.15, 0.2) is 0 Å². The third-order valence-corrected chi connectivity index (χ3v) is 5.86. The number of hydrogen-bond acceptors (Lipinski definition) is 4. The van der Waals surface area contributed by atoms with Crippen LogP contribution < -0.4 is 4.72 Å². The highest BCUT2D eigenvalue weighted by atomic mass is 32.2. The maximum Gasteiger partial charge on any atom is 0.326 e. The van der Waals surface area contributed by atoms with E-state index in [4.69, 9.17) is 0 Å². The molecule has 0 radical (unpaired) electrons. The van der Waals surface area contributed by atoms with Gasteiger partial charge in [-0.3, -0.25) is 4.79 Å². The number of carboxylic acid groups (broad SMARTS) is 1. The van der Waals surface area contributed by atoms with E-state index in [2.05, 4.69) is 4.72 Å². The highest BCUT2D eigenvalue weighted by Gasteiger charge is 2.33. The molecule has 2 N–H and O–H groups in total. The summed E-state index contributed by atoms with van der Waals surface area (Å²) >= 11 is 0. The Balaban J connectivity index is 1.84. The smallest absolute Gasteiger partial charge is 0.326 e. The average molecular weight is 352 g/mol. The molecule has 1 aromatic carbocycles. The van der Waals surface area contributed by atoms with Crippen LogP contribution in [0.1, 0.15) is 42.5 Å². The van der Waals surface area contributed by atoms with Crippen LogP contribution in [0.3, 0.4) is 0 Å². The highest BCUT2D eigenvalue weighted by Crippen LogP contribution is 2.24. The third-order valence-electron chi connectivity index (χ3n) is 4.34. The molecule has 1 aliphatic carbocycles. The van der Waals surface area contributed by atoms with E-state index in [1.807, 2.05) is 0 Å². The van der Waals surface area contributed by atoms with Crippen LogP contribution in [0.5, 0.6) is 0 Å². The standard InChI is InChI=1S/C16H20N2O5S/c19-15(18-9-2-1-6-14(18)16(20)21)11-4-3-5-13(10-11)24(22,23)17-12-7-8-12/h3-5,10,12,14,17H,1-2,6-9H2,(H,20,21)/t14-/m1/s1. The summed E-state index contributed by atoms with van der Waals surface area (Å²) in [5.74, 6) is -1.47. The summed E-state index contributed by atoms with van der Waals surface area (Å²) in [6.45, 7) is 0.368. The zero-order valence-electron chi connectivity index (χ0n) is 13.1. The molecule has 3 rings (SSSR count). The molecule has 0 aromatic heterocycles. The Hall–Kier alpha value is -1.93. The topological polar surface area (TPSA) is 104 Å². The van der Waals surface area contributed by atoms with E-state index in [1.54, 1.807) is 0 Å². The molecule has 1 heterocycles. The Morgan fingerprint density at radius 3 is 2.58 bits per heavy atom. The number of likely N-dealkylation sites (tertiary alicyclic amines) is 1. The van der Waals surface area contributed by atoms with Crippen molar-refractivity contribution < 1.29 is 23.1 Å². The fourth-order valence-electron chi connectivity index (χ4n) is 2.88. The van der Waals surface area contributed by atoms with Gasteiger partial charge in [-0.1, -0.05) is 6.07 Å². The van der Waals surface area contributed by atoms with Crippen LogP contribution in [0.2, 0.25) is 0 Å². The van der Waals surface area contributed by atoms with Gasteiger partial charge in [0, 0.05) is 18.2 Å². The van der Waals surface area contributed by atoms with Gasteiger partial charge < -0.3 is 10.0 Å². The van der Waals surface area contributed by atoms with E-state index < -0.39 is 27.9 Å². The summed E-state index contributed by atoms with van der Waals surface area (Å²) in [5, 5.41) is 9.29. The molecule has 2 fully saturated rings. The fourth-order valence-corrected chi connectivity index (χ4v) is 4.23. The van der Waals surface area contributed by atoms with Crippen molar-refractivity contribution in [1.82, 2.24) is 9.62 Å².